The molecule has 0 spiro atoms. The molecule has 1 saturated carbocycles. The van der Waals surface area contributed by atoms with E-state index in [9.17, 15) is 4.79 Å². The minimum atomic E-state index is -0.810. The van der Waals surface area contributed by atoms with E-state index >= 15 is 0 Å². The predicted octanol–water partition coefficient (Wildman–Crippen LogP) is 2.99. The van der Waals surface area contributed by atoms with E-state index in [2.05, 4.69) is 21.7 Å². The number of aliphatic carboxylic acids is 1. The molecule has 2 rings (SSSR count). The van der Waals surface area contributed by atoms with Crippen molar-refractivity contribution >= 4 is 17.7 Å². The van der Waals surface area contributed by atoms with Crippen molar-refractivity contribution in [3.63, 3.8) is 0 Å². The third kappa shape index (κ3) is 4.23. The Labute approximate surface area is 124 Å². The maximum absolute atomic E-state index is 10.7. The fourth-order valence-electron chi connectivity index (χ4n) is 2.83. The van der Waals surface area contributed by atoms with E-state index < -0.39 is 5.97 Å². The summed E-state index contributed by atoms with van der Waals surface area (Å²) in [6.45, 7) is 2.98. The van der Waals surface area contributed by atoms with E-state index in [4.69, 9.17) is 5.11 Å². The molecule has 0 radical (unpaired) electrons. The average molecular weight is 297 g/mol. The Balaban J connectivity index is 1.96. The van der Waals surface area contributed by atoms with Gasteiger partial charge in [0.2, 0.25) is 0 Å². The highest BCUT2D eigenvalue weighted by atomic mass is 32.2. The molecular formula is C14H23N3O2S. The van der Waals surface area contributed by atoms with Crippen LogP contribution in [0.2, 0.25) is 0 Å². The molecule has 1 heterocycles. The van der Waals surface area contributed by atoms with Gasteiger partial charge in [-0.25, -0.2) is 0 Å². The number of rotatable bonds is 7. The lowest BCUT2D eigenvalue weighted by atomic mass is 9.87. The molecule has 6 heteroatoms. The second-order valence-electron chi connectivity index (χ2n) is 5.38. The van der Waals surface area contributed by atoms with Gasteiger partial charge in [-0.2, -0.15) is 0 Å². The predicted molar refractivity (Wildman–Crippen MR) is 79.0 cm³/mol. The van der Waals surface area contributed by atoms with Gasteiger partial charge in [-0.15, -0.1) is 10.2 Å². The molecular weight excluding hydrogens is 274 g/mol. The van der Waals surface area contributed by atoms with Gasteiger partial charge in [0.05, 0.1) is 5.75 Å². The molecule has 0 atom stereocenters. The van der Waals surface area contributed by atoms with Crippen LogP contribution in [0.1, 0.15) is 51.3 Å². The molecule has 1 aliphatic carbocycles. The molecule has 0 bridgehead atoms. The summed E-state index contributed by atoms with van der Waals surface area (Å²) in [5.74, 6) is 1.02. The molecule has 1 aromatic rings. The Morgan fingerprint density at radius 1 is 1.35 bits per heavy atom. The van der Waals surface area contributed by atoms with Crippen molar-refractivity contribution in [1.29, 1.82) is 0 Å². The summed E-state index contributed by atoms with van der Waals surface area (Å²) >= 11 is 1.27. The van der Waals surface area contributed by atoms with Gasteiger partial charge in [0.15, 0.2) is 5.16 Å². The van der Waals surface area contributed by atoms with Crippen LogP contribution in [-0.2, 0) is 17.8 Å². The van der Waals surface area contributed by atoms with Crippen LogP contribution in [0.3, 0.4) is 0 Å². The van der Waals surface area contributed by atoms with Gasteiger partial charge in [0.1, 0.15) is 5.82 Å². The van der Waals surface area contributed by atoms with Gasteiger partial charge in [-0.3, -0.25) is 4.79 Å². The minimum absolute atomic E-state index is 0.0469. The summed E-state index contributed by atoms with van der Waals surface area (Å²) in [5.41, 5.74) is 0. The summed E-state index contributed by atoms with van der Waals surface area (Å²) in [4.78, 5) is 10.7. The third-order valence-corrected chi connectivity index (χ3v) is 4.87. The first kappa shape index (κ1) is 15.4. The van der Waals surface area contributed by atoms with Crippen LogP contribution in [0, 0.1) is 5.92 Å². The Kier molecular flexibility index (Phi) is 5.88. The first-order valence-electron chi connectivity index (χ1n) is 7.47. The van der Waals surface area contributed by atoms with Gasteiger partial charge < -0.3 is 9.67 Å². The van der Waals surface area contributed by atoms with E-state index in [1.807, 2.05) is 0 Å². The fourth-order valence-corrected chi connectivity index (χ4v) is 3.53. The molecule has 0 aromatic carbocycles. The van der Waals surface area contributed by atoms with Gasteiger partial charge in [-0.05, 0) is 12.3 Å². The van der Waals surface area contributed by atoms with E-state index in [1.54, 1.807) is 0 Å². The topological polar surface area (TPSA) is 68.0 Å². The quantitative estimate of drug-likeness (QED) is 0.784. The number of carboxylic acid groups (broad SMARTS) is 1. The number of thioether (sulfide) groups is 1. The summed E-state index contributed by atoms with van der Waals surface area (Å²) in [6.07, 6.45) is 8.75. The van der Waals surface area contributed by atoms with Crippen molar-refractivity contribution in [3.8, 4) is 0 Å². The maximum Gasteiger partial charge on any atom is 0.313 e. The number of carboxylic acids is 1. The lowest BCUT2D eigenvalue weighted by Crippen LogP contribution is -2.12. The monoisotopic (exact) mass is 297 g/mol. The summed E-state index contributed by atoms with van der Waals surface area (Å²) in [6, 6.07) is 0. The smallest absolute Gasteiger partial charge is 0.313 e. The van der Waals surface area contributed by atoms with Gasteiger partial charge in [0.25, 0.3) is 0 Å². The summed E-state index contributed by atoms with van der Waals surface area (Å²) in [5, 5.41) is 17.8. The molecule has 1 aromatic heterocycles. The molecule has 5 nitrogen and oxygen atoms in total. The Morgan fingerprint density at radius 2 is 2.10 bits per heavy atom. The van der Waals surface area contributed by atoms with Crippen LogP contribution >= 0.6 is 11.8 Å². The van der Waals surface area contributed by atoms with E-state index in [-0.39, 0.29) is 5.75 Å². The number of aromatic nitrogens is 3. The molecule has 0 unspecified atom stereocenters. The molecule has 0 amide bonds. The minimum Gasteiger partial charge on any atom is -0.481 e. The van der Waals surface area contributed by atoms with E-state index in [0.717, 1.165) is 36.3 Å². The second-order valence-corrected chi connectivity index (χ2v) is 6.32. The van der Waals surface area contributed by atoms with Crippen LogP contribution in [0.4, 0.5) is 0 Å². The van der Waals surface area contributed by atoms with Crippen molar-refractivity contribution in [2.75, 3.05) is 5.75 Å². The molecule has 20 heavy (non-hydrogen) atoms. The number of carbonyl (C=O) groups is 1. The van der Waals surface area contributed by atoms with Crippen molar-refractivity contribution < 1.29 is 9.90 Å². The van der Waals surface area contributed by atoms with Crippen molar-refractivity contribution in [2.45, 2.75) is 63.6 Å². The van der Waals surface area contributed by atoms with Crippen LogP contribution in [0.5, 0.6) is 0 Å². The number of nitrogens with zero attached hydrogens (tertiary/aromatic N) is 3. The standard InChI is InChI=1S/C14H23N3O2S/c1-2-12-15-16-14(20-10-13(18)19)17(12)9-8-11-6-4-3-5-7-11/h11H,2-10H2,1H3,(H,18,19). The van der Waals surface area contributed by atoms with E-state index in [1.165, 1.54) is 43.9 Å². The highest BCUT2D eigenvalue weighted by molar-refractivity contribution is 7.99. The van der Waals surface area contributed by atoms with Gasteiger partial charge >= 0.3 is 5.97 Å². The van der Waals surface area contributed by atoms with Crippen LogP contribution in [0.25, 0.3) is 0 Å². The molecule has 112 valence electrons. The van der Waals surface area contributed by atoms with Crippen LogP contribution in [-0.4, -0.2) is 31.6 Å². The number of hydrogen-bond donors (Lipinski definition) is 1. The van der Waals surface area contributed by atoms with Crippen molar-refractivity contribution in [2.24, 2.45) is 5.92 Å². The van der Waals surface area contributed by atoms with Gasteiger partial charge in [0, 0.05) is 13.0 Å². The highest BCUT2D eigenvalue weighted by Gasteiger charge is 2.17. The largest absolute Gasteiger partial charge is 0.481 e. The zero-order valence-electron chi connectivity index (χ0n) is 12.0. The normalized spacial score (nSPS) is 16.4. The molecule has 0 saturated heterocycles. The van der Waals surface area contributed by atoms with Crippen LogP contribution < -0.4 is 0 Å². The maximum atomic E-state index is 10.7. The molecule has 1 fully saturated rings. The Bertz CT molecular complexity index is 442. The Morgan fingerprint density at radius 3 is 2.75 bits per heavy atom. The SMILES string of the molecule is CCc1nnc(SCC(=O)O)n1CCC1CCCCC1. The average Bonchev–Trinajstić information content (AvgIpc) is 2.86. The lowest BCUT2D eigenvalue weighted by molar-refractivity contribution is -0.133. The van der Waals surface area contributed by atoms with Crippen molar-refractivity contribution in [1.82, 2.24) is 14.8 Å². The van der Waals surface area contributed by atoms with E-state index in [0.29, 0.717) is 0 Å². The first-order valence-corrected chi connectivity index (χ1v) is 8.46. The number of hydrogen-bond acceptors (Lipinski definition) is 4. The van der Waals surface area contributed by atoms with Crippen molar-refractivity contribution in [3.05, 3.63) is 5.82 Å². The zero-order chi connectivity index (χ0) is 14.4. The number of aryl methyl sites for hydroxylation is 1. The Hall–Kier alpha value is -1.04. The fraction of sp³-hybridized carbons (Fsp3) is 0.786. The molecule has 1 N–H and O–H groups in total. The van der Waals surface area contributed by atoms with Gasteiger partial charge in [-0.1, -0.05) is 50.8 Å². The summed E-state index contributed by atoms with van der Waals surface area (Å²) < 4.78 is 2.11. The van der Waals surface area contributed by atoms with Crippen LogP contribution in [0.15, 0.2) is 5.16 Å². The third-order valence-electron chi connectivity index (χ3n) is 3.92. The highest BCUT2D eigenvalue weighted by Crippen LogP contribution is 2.27. The lowest BCUT2D eigenvalue weighted by Gasteiger charge is -2.22. The second kappa shape index (κ2) is 7.67. The first-order chi connectivity index (χ1) is 9.70. The summed E-state index contributed by atoms with van der Waals surface area (Å²) in [7, 11) is 0. The molecule has 0 aliphatic heterocycles. The zero-order valence-corrected chi connectivity index (χ0v) is 12.9. The molecule has 1 aliphatic rings.